The number of carbonyl (C=O) groups excluding carboxylic acids is 3. The van der Waals surface area contributed by atoms with Crippen molar-refractivity contribution in [2.75, 3.05) is 68.1 Å². The summed E-state index contributed by atoms with van der Waals surface area (Å²) in [4.78, 5) is 54.7. The van der Waals surface area contributed by atoms with Gasteiger partial charge in [-0.1, -0.05) is 6.92 Å². The van der Waals surface area contributed by atoms with E-state index >= 15 is 8.78 Å². The van der Waals surface area contributed by atoms with Gasteiger partial charge in [0, 0.05) is 106 Å². The number of carbonyl (C=O) groups is 3. The molecule has 2 bridgehead atoms. The monoisotopic (exact) mass is 864 g/mol. The Hall–Kier alpha value is -5.94. The number of methoxy groups -OCH3 is 1. The van der Waals surface area contributed by atoms with Gasteiger partial charge in [-0.2, -0.15) is 5.10 Å². The quantitative estimate of drug-likeness (QED) is 0.195. The third-order valence-corrected chi connectivity index (χ3v) is 13.1. The fraction of sp³-hybridized carbons (Fsp3) is 0.478. The van der Waals surface area contributed by atoms with Crippen molar-refractivity contribution in [3.05, 3.63) is 76.6 Å². The Balaban J connectivity index is 0.910. The van der Waals surface area contributed by atoms with E-state index in [0.717, 1.165) is 79.7 Å². The summed E-state index contributed by atoms with van der Waals surface area (Å²) in [6.45, 7) is 10.2. The molecule has 9 rings (SSSR count). The maximum absolute atomic E-state index is 15.4. The molecule has 3 fully saturated rings. The minimum absolute atomic E-state index is 0.0514. The molecule has 0 saturated carbocycles. The van der Waals surface area contributed by atoms with Gasteiger partial charge in [-0.3, -0.25) is 34.9 Å². The van der Waals surface area contributed by atoms with Gasteiger partial charge in [-0.05, 0) is 81.3 Å². The van der Waals surface area contributed by atoms with E-state index in [9.17, 15) is 14.4 Å². The van der Waals surface area contributed by atoms with E-state index in [1.807, 2.05) is 18.9 Å². The number of nitrogens with one attached hydrogen (secondary N) is 2. The van der Waals surface area contributed by atoms with E-state index in [4.69, 9.17) is 19.4 Å². The summed E-state index contributed by atoms with van der Waals surface area (Å²) < 4.78 is 46.5. The first-order chi connectivity index (χ1) is 30.4. The SMILES string of the molecule is COCc1cc2nc3n(c2cc1N1CCN(C2CCN(c4cc(F)c([C@H]5CCC(=O)NC5=O)c(F)c4)CC2)CC1)C[C@H](C)CCCOc1c(cnn1C)-c1cc(cc(C)n1)C(=O)N3. The number of imide groups is 1. The van der Waals surface area contributed by atoms with Crippen molar-refractivity contribution in [1.29, 1.82) is 0 Å². The van der Waals surface area contributed by atoms with Crippen LogP contribution in [0, 0.1) is 24.5 Å². The van der Waals surface area contributed by atoms with Gasteiger partial charge in [0.1, 0.15) is 11.6 Å². The number of rotatable bonds is 6. The normalized spacial score (nSPS) is 20.7. The molecular weight excluding hydrogens is 811 g/mol. The topological polar surface area (TPSA) is 152 Å². The highest BCUT2D eigenvalue weighted by Crippen LogP contribution is 2.36. The third-order valence-electron chi connectivity index (χ3n) is 13.1. The minimum atomic E-state index is -1.02. The predicted molar refractivity (Wildman–Crippen MR) is 234 cm³/mol. The average molecular weight is 865 g/mol. The van der Waals surface area contributed by atoms with Crippen molar-refractivity contribution in [3.63, 3.8) is 0 Å². The number of piperidine rings is 2. The summed E-state index contributed by atoms with van der Waals surface area (Å²) in [6, 6.07) is 10.8. The molecule has 4 aliphatic heterocycles. The summed E-state index contributed by atoms with van der Waals surface area (Å²) in [5, 5.41) is 9.77. The predicted octanol–water partition coefficient (Wildman–Crippen LogP) is 5.94. The summed E-state index contributed by atoms with van der Waals surface area (Å²) >= 11 is 0. The number of aryl methyl sites for hydroxylation is 2. The lowest BCUT2D eigenvalue weighted by Crippen LogP contribution is -2.53. The Morgan fingerprint density at radius 3 is 2.38 bits per heavy atom. The van der Waals surface area contributed by atoms with Crippen LogP contribution in [0.2, 0.25) is 0 Å². The van der Waals surface area contributed by atoms with Crippen LogP contribution in [0.15, 0.2) is 42.6 Å². The van der Waals surface area contributed by atoms with Gasteiger partial charge in [0.25, 0.3) is 5.91 Å². The highest BCUT2D eigenvalue weighted by molar-refractivity contribution is 6.05. The lowest BCUT2D eigenvalue weighted by molar-refractivity contribution is -0.134. The molecule has 3 amide bonds. The van der Waals surface area contributed by atoms with Crippen LogP contribution in [-0.2, 0) is 34.5 Å². The van der Waals surface area contributed by atoms with Crippen LogP contribution >= 0.6 is 0 Å². The lowest BCUT2D eigenvalue weighted by atomic mass is 9.89. The zero-order valence-electron chi connectivity index (χ0n) is 36.3. The minimum Gasteiger partial charge on any atom is -0.477 e. The molecule has 0 spiro atoms. The van der Waals surface area contributed by atoms with Crippen molar-refractivity contribution in [1.82, 2.24) is 34.5 Å². The van der Waals surface area contributed by atoms with Crippen LogP contribution < -0.4 is 25.2 Å². The number of amides is 3. The lowest BCUT2D eigenvalue weighted by Gasteiger charge is -2.44. The van der Waals surface area contributed by atoms with Crippen LogP contribution in [0.4, 0.5) is 26.1 Å². The van der Waals surface area contributed by atoms with Gasteiger partial charge < -0.3 is 23.8 Å². The highest BCUT2D eigenvalue weighted by atomic mass is 19.1. The number of fused-ring (bicyclic) bond motifs is 7. The number of halogens is 2. The summed E-state index contributed by atoms with van der Waals surface area (Å²) in [5.41, 5.74) is 6.51. The van der Waals surface area contributed by atoms with Crippen molar-refractivity contribution in [3.8, 4) is 17.1 Å². The number of anilines is 3. The van der Waals surface area contributed by atoms with Crippen LogP contribution in [0.1, 0.15) is 78.5 Å². The molecule has 17 heteroatoms. The van der Waals surface area contributed by atoms with Gasteiger partial charge >= 0.3 is 0 Å². The molecule has 3 aromatic heterocycles. The molecule has 0 aliphatic carbocycles. The fourth-order valence-electron chi connectivity index (χ4n) is 9.81. The molecule has 63 heavy (non-hydrogen) atoms. The smallest absolute Gasteiger partial charge is 0.258 e. The molecule has 3 saturated heterocycles. The zero-order chi connectivity index (χ0) is 43.9. The zero-order valence-corrected chi connectivity index (χ0v) is 36.3. The van der Waals surface area contributed by atoms with Crippen molar-refractivity contribution in [2.45, 2.75) is 77.5 Å². The third kappa shape index (κ3) is 8.60. The number of aromatic nitrogens is 5. The van der Waals surface area contributed by atoms with Gasteiger partial charge in [-0.15, -0.1) is 0 Å². The van der Waals surface area contributed by atoms with Gasteiger partial charge in [0.15, 0.2) is 0 Å². The fourth-order valence-corrected chi connectivity index (χ4v) is 9.81. The summed E-state index contributed by atoms with van der Waals surface area (Å²) in [7, 11) is 3.53. The molecule has 2 aromatic carbocycles. The largest absolute Gasteiger partial charge is 0.477 e. The number of hydrogen-bond donors (Lipinski definition) is 2. The number of benzene rings is 2. The number of ether oxygens (including phenoxy) is 2. The van der Waals surface area contributed by atoms with E-state index in [1.165, 1.54) is 12.1 Å². The molecule has 2 N–H and O–H groups in total. The molecule has 15 nitrogen and oxygen atoms in total. The second kappa shape index (κ2) is 17.7. The Morgan fingerprint density at radius 2 is 1.65 bits per heavy atom. The van der Waals surface area contributed by atoms with E-state index in [-0.39, 0.29) is 30.2 Å². The van der Waals surface area contributed by atoms with Crippen LogP contribution in [0.25, 0.3) is 22.3 Å². The van der Waals surface area contributed by atoms with Crippen LogP contribution in [-0.4, -0.2) is 106 Å². The van der Waals surface area contributed by atoms with Crippen molar-refractivity contribution < 1.29 is 32.6 Å². The average Bonchev–Trinajstić information content (AvgIpc) is 3.79. The Labute approximate surface area is 364 Å². The maximum atomic E-state index is 15.4. The Morgan fingerprint density at radius 1 is 0.889 bits per heavy atom. The molecule has 2 atom stereocenters. The van der Waals surface area contributed by atoms with Crippen molar-refractivity contribution in [2.24, 2.45) is 13.0 Å². The maximum Gasteiger partial charge on any atom is 0.258 e. The summed E-state index contributed by atoms with van der Waals surface area (Å²) in [5.74, 6) is -2.55. The highest BCUT2D eigenvalue weighted by Gasteiger charge is 2.34. The first-order valence-electron chi connectivity index (χ1n) is 22.0. The van der Waals surface area contributed by atoms with Crippen LogP contribution in [0.5, 0.6) is 5.88 Å². The van der Waals surface area contributed by atoms with E-state index in [2.05, 4.69) is 49.2 Å². The Kier molecular flexibility index (Phi) is 11.9. The van der Waals surface area contributed by atoms with Crippen molar-refractivity contribution >= 4 is 46.1 Å². The number of hydrogen-bond acceptors (Lipinski definition) is 11. The molecule has 0 unspecified atom stereocenters. The second-order valence-electron chi connectivity index (χ2n) is 17.4. The number of nitrogens with zero attached hydrogens (tertiary/aromatic N) is 8. The number of piperazine rings is 1. The van der Waals surface area contributed by atoms with Gasteiger partial charge in [-0.25, -0.2) is 18.4 Å². The molecule has 332 valence electrons. The summed E-state index contributed by atoms with van der Waals surface area (Å²) in [6.07, 6.45) is 5.28. The van der Waals surface area contributed by atoms with Crippen LogP contribution in [0.3, 0.4) is 0 Å². The van der Waals surface area contributed by atoms with Gasteiger partial charge in [0.2, 0.25) is 23.6 Å². The number of pyridine rings is 1. The molecule has 0 radical (unpaired) electrons. The molecular formula is C46H54F2N10O5. The van der Waals surface area contributed by atoms with E-state index < -0.39 is 29.4 Å². The Bertz CT molecular complexity index is 2540. The molecule has 4 aliphatic rings. The molecule has 7 heterocycles. The first kappa shape index (κ1) is 42.4. The number of imidazole rings is 1. The second-order valence-corrected chi connectivity index (χ2v) is 17.4. The first-order valence-corrected chi connectivity index (χ1v) is 22.0. The van der Waals surface area contributed by atoms with E-state index in [0.29, 0.717) is 73.4 Å². The standard InChI is InChI=1S/C46H54F2N10O5/c1-27-6-5-17-63-45-34(24-49-54(45)3)37-19-29(18-28(2)50-37)43(60)53-46-51-38-20-30(26-62-4)39(23-40(38)58(46)25-27)57-15-13-56(14-16-57)31-9-11-55(12-10-31)32-21-35(47)42(36(48)22-32)33-7-8-41(59)52-44(33)61/h18-24,27,31,33H,5-17,25-26H2,1-4H3,(H,51,53,60)(H,52,59,61)/t27-,33-/m1/s1. The van der Waals surface area contributed by atoms with Gasteiger partial charge in [0.05, 0.1) is 47.6 Å². The molecule has 5 aromatic rings. The van der Waals surface area contributed by atoms with E-state index in [1.54, 1.807) is 30.1 Å².